The molecule has 0 heterocycles. The molecule has 0 radical (unpaired) electrons. The third kappa shape index (κ3) is 2.20. The molecular formula is C15H19BrO2. The van der Waals surface area contributed by atoms with Gasteiger partial charge in [0.1, 0.15) is 0 Å². The van der Waals surface area contributed by atoms with E-state index in [1.165, 1.54) is 0 Å². The van der Waals surface area contributed by atoms with E-state index in [1.807, 2.05) is 13.8 Å². The highest BCUT2D eigenvalue weighted by atomic mass is 79.9. The minimum atomic E-state index is -0.670. The van der Waals surface area contributed by atoms with Gasteiger partial charge in [-0.1, -0.05) is 41.3 Å². The Morgan fingerprint density at radius 2 is 1.83 bits per heavy atom. The van der Waals surface area contributed by atoms with Crippen LogP contribution in [0.3, 0.4) is 0 Å². The fraction of sp³-hybridized carbons (Fsp3) is 0.533. The van der Waals surface area contributed by atoms with Crippen LogP contribution in [0.5, 0.6) is 0 Å². The van der Waals surface area contributed by atoms with Crippen LogP contribution >= 0.6 is 15.9 Å². The molecule has 0 bridgehead atoms. The number of rotatable bonds is 2. The van der Waals surface area contributed by atoms with Gasteiger partial charge in [-0.3, -0.25) is 4.79 Å². The van der Waals surface area contributed by atoms with Crippen molar-refractivity contribution >= 4 is 21.9 Å². The summed E-state index contributed by atoms with van der Waals surface area (Å²) >= 11 is 3.54. The van der Waals surface area contributed by atoms with Crippen molar-refractivity contribution in [1.29, 1.82) is 0 Å². The molecular weight excluding hydrogens is 292 g/mol. The van der Waals surface area contributed by atoms with E-state index in [-0.39, 0.29) is 0 Å². The summed E-state index contributed by atoms with van der Waals surface area (Å²) < 4.78 is 1.02. The highest BCUT2D eigenvalue weighted by Gasteiger charge is 2.42. The van der Waals surface area contributed by atoms with Gasteiger partial charge >= 0.3 is 5.97 Å². The van der Waals surface area contributed by atoms with E-state index in [1.54, 1.807) is 0 Å². The predicted molar refractivity (Wildman–Crippen MR) is 76.0 cm³/mol. The molecule has 18 heavy (non-hydrogen) atoms. The Kier molecular flexibility index (Phi) is 3.81. The predicted octanol–water partition coefficient (Wildman–Crippen LogP) is 4.35. The van der Waals surface area contributed by atoms with Crippen LogP contribution < -0.4 is 0 Å². The maximum atomic E-state index is 11.8. The molecule has 0 amide bonds. The molecule has 2 nitrogen and oxygen atoms in total. The third-order valence-corrected chi connectivity index (χ3v) is 4.94. The van der Waals surface area contributed by atoms with Gasteiger partial charge < -0.3 is 5.11 Å². The van der Waals surface area contributed by atoms with Gasteiger partial charge in [0.25, 0.3) is 0 Å². The molecule has 1 saturated carbocycles. The van der Waals surface area contributed by atoms with Crippen LogP contribution in [-0.4, -0.2) is 11.1 Å². The fourth-order valence-electron chi connectivity index (χ4n) is 3.07. The standard InChI is InChI=1S/C15H19BrO2/c1-10-8-12(11(2)13(16)9-10)15(14(17)18)6-4-3-5-7-15/h8-9H,3-7H2,1-2H3,(H,17,18). The Morgan fingerprint density at radius 1 is 1.22 bits per heavy atom. The lowest BCUT2D eigenvalue weighted by molar-refractivity contribution is -0.145. The minimum Gasteiger partial charge on any atom is -0.481 e. The first-order valence-electron chi connectivity index (χ1n) is 6.48. The van der Waals surface area contributed by atoms with Gasteiger partial charge in [-0.2, -0.15) is 0 Å². The molecule has 1 aliphatic rings. The number of hydrogen-bond acceptors (Lipinski definition) is 1. The first-order chi connectivity index (χ1) is 8.47. The molecule has 0 saturated heterocycles. The van der Waals surface area contributed by atoms with Crippen LogP contribution in [0.25, 0.3) is 0 Å². The first-order valence-corrected chi connectivity index (χ1v) is 7.27. The number of carboxylic acid groups (broad SMARTS) is 1. The second kappa shape index (κ2) is 5.04. The zero-order valence-electron chi connectivity index (χ0n) is 10.9. The molecule has 3 heteroatoms. The number of hydrogen-bond donors (Lipinski definition) is 1. The summed E-state index contributed by atoms with van der Waals surface area (Å²) in [5.74, 6) is -0.664. The summed E-state index contributed by atoms with van der Waals surface area (Å²) in [5.41, 5.74) is 2.52. The lowest BCUT2D eigenvalue weighted by atomic mass is 9.68. The van der Waals surface area contributed by atoms with Gasteiger partial charge in [-0.05, 0) is 49.4 Å². The average molecular weight is 311 g/mol. The van der Waals surface area contributed by atoms with Crippen LogP contribution in [0.1, 0.15) is 48.8 Å². The van der Waals surface area contributed by atoms with E-state index in [0.29, 0.717) is 0 Å². The second-order valence-corrected chi connectivity index (χ2v) is 6.22. The van der Waals surface area contributed by atoms with Crippen molar-refractivity contribution in [2.45, 2.75) is 51.4 Å². The van der Waals surface area contributed by atoms with Gasteiger partial charge in [0.15, 0.2) is 0 Å². The number of aryl methyl sites for hydroxylation is 1. The Hall–Kier alpha value is -0.830. The smallest absolute Gasteiger partial charge is 0.314 e. The minimum absolute atomic E-state index is 0.664. The Morgan fingerprint density at radius 3 is 2.39 bits per heavy atom. The van der Waals surface area contributed by atoms with Crippen LogP contribution in [0.15, 0.2) is 16.6 Å². The van der Waals surface area contributed by atoms with Crippen LogP contribution in [0.2, 0.25) is 0 Å². The normalized spacial score (nSPS) is 18.6. The maximum absolute atomic E-state index is 11.8. The van der Waals surface area contributed by atoms with E-state index in [4.69, 9.17) is 0 Å². The van der Waals surface area contributed by atoms with E-state index in [0.717, 1.165) is 53.3 Å². The molecule has 1 N–H and O–H groups in total. The molecule has 0 unspecified atom stereocenters. The zero-order valence-corrected chi connectivity index (χ0v) is 12.5. The van der Waals surface area contributed by atoms with Gasteiger partial charge in [0.05, 0.1) is 5.41 Å². The maximum Gasteiger partial charge on any atom is 0.314 e. The molecule has 0 aliphatic heterocycles. The van der Waals surface area contributed by atoms with Gasteiger partial charge in [0, 0.05) is 4.47 Å². The number of carboxylic acids is 1. The van der Waals surface area contributed by atoms with Crippen molar-refractivity contribution in [3.8, 4) is 0 Å². The van der Waals surface area contributed by atoms with Crippen molar-refractivity contribution in [3.05, 3.63) is 33.3 Å². The molecule has 0 aromatic heterocycles. The number of halogens is 1. The summed E-state index contributed by atoms with van der Waals surface area (Å²) in [6.45, 7) is 4.03. The quantitative estimate of drug-likeness (QED) is 0.881. The largest absolute Gasteiger partial charge is 0.481 e. The summed E-state index contributed by atoms with van der Waals surface area (Å²) in [5, 5.41) is 9.73. The van der Waals surface area contributed by atoms with Crippen molar-refractivity contribution < 1.29 is 9.90 Å². The Labute approximate surface area is 117 Å². The van der Waals surface area contributed by atoms with E-state index in [9.17, 15) is 9.90 Å². The molecule has 0 atom stereocenters. The lowest BCUT2D eigenvalue weighted by Gasteiger charge is -2.35. The number of carbonyl (C=O) groups is 1. The number of aliphatic carboxylic acids is 1. The van der Waals surface area contributed by atoms with Crippen molar-refractivity contribution in [2.24, 2.45) is 0 Å². The average Bonchev–Trinajstić information content (AvgIpc) is 2.34. The monoisotopic (exact) mass is 310 g/mol. The van der Waals surface area contributed by atoms with Gasteiger partial charge in [-0.15, -0.1) is 0 Å². The second-order valence-electron chi connectivity index (χ2n) is 5.37. The van der Waals surface area contributed by atoms with Crippen LogP contribution in [0.4, 0.5) is 0 Å². The molecule has 1 fully saturated rings. The van der Waals surface area contributed by atoms with Gasteiger partial charge in [0.2, 0.25) is 0 Å². The number of benzene rings is 1. The highest BCUT2D eigenvalue weighted by Crippen LogP contribution is 2.42. The van der Waals surface area contributed by atoms with Gasteiger partial charge in [-0.25, -0.2) is 0 Å². The molecule has 98 valence electrons. The molecule has 1 aromatic carbocycles. The topological polar surface area (TPSA) is 37.3 Å². The highest BCUT2D eigenvalue weighted by molar-refractivity contribution is 9.10. The Balaban J connectivity index is 2.59. The third-order valence-electron chi connectivity index (χ3n) is 4.12. The van der Waals surface area contributed by atoms with Crippen molar-refractivity contribution in [1.82, 2.24) is 0 Å². The molecule has 1 aromatic rings. The van der Waals surface area contributed by atoms with Crippen molar-refractivity contribution in [2.75, 3.05) is 0 Å². The van der Waals surface area contributed by atoms with E-state index < -0.39 is 11.4 Å². The molecule has 2 rings (SSSR count). The van der Waals surface area contributed by atoms with Crippen LogP contribution in [-0.2, 0) is 10.2 Å². The molecule has 1 aliphatic carbocycles. The summed E-state index contributed by atoms with van der Waals surface area (Å²) in [6, 6.07) is 4.11. The van der Waals surface area contributed by atoms with E-state index >= 15 is 0 Å². The summed E-state index contributed by atoms with van der Waals surface area (Å²) in [7, 11) is 0. The fourth-order valence-corrected chi connectivity index (χ4v) is 3.64. The van der Waals surface area contributed by atoms with E-state index in [2.05, 4.69) is 28.1 Å². The summed E-state index contributed by atoms with van der Waals surface area (Å²) in [6.07, 6.45) is 4.70. The summed E-state index contributed by atoms with van der Waals surface area (Å²) in [4.78, 5) is 11.8. The SMILES string of the molecule is Cc1cc(Br)c(C)c(C2(C(=O)O)CCCCC2)c1. The molecule has 0 spiro atoms. The van der Waals surface area contributed by atoms with Crippen LogP contribution in [0, 0.1) is 13.8 Å². The first kappa shape index (κ1) is 13.6. The lowest BCUT2D eigenvalue weighted by Crippen LogP contribution is -2.38. The van der Waals surface area contributed by atoms with Crippen molar-refractivity contribution in [3.63, 3.8) is 0 Å². The zero-order chi connectivity index (χ0) is 13.3. The Bertz CT molecular complexity index is 474.